The predicted molar refractivity (Wildman–Crippen MR) is 66.8 cm³/mol. The van der Waals surface area contributed by atoms with E-state index in [1.165, 1.54) is 18.0 Å². The van der Waals surface area contributed by atoms with E-state index >= 15 is 0 Å². The molecule has 102 valence electrons. The highest BCUT2D eigenvalue weighted by atomic mass is 16.5. The van der Waals surface area contributed by atoms with Gasteiger partial charge in [0, 0.05) is 20.0 Å². The molecular formula is C11H14N4O4. The first-order valence-electron chi connectivity index (χ1n) is 5.76. The van der Waals surface area contributed by atoms with E-state index in [9.17, 15) is 14.4 Å². The topological polar surface area (TPSA) is 99.0 Å². The number of aromatic amines is 1. The summed E-state index contributed by atoms with van der Waals surface area (Å²) in [6.07, 6.45) is 1.89. The number of H-pyrrole nitrogens is 1. The molecule has 0 aliphatic heterocycles. The molecule has 0 saturated heterocycles. The van der Waals surface area contributed by atoms with Gasteiger partial charge < -0.3 is 9.72 Å². The monoisotopic (exact) mass is 266 g/mol. The smallest absolute Gasteiger partial charge is 0.332 e. The average molecular weight is 266 g/mol. The molecule has 0 unspecified atom stereocenters. The number of aryl methyl sites for hydroxylation is 1. The molecule has 0 atom stereocenters. The van der Waals surface area contributed by atoms with E-state index in [0.29, 0.717) is 12.1 Å². The van der Waals surface area contributed by atoms with Gasteiger partial charge in [0.2, 0.25) is 0 Å². The first-order valence-corrected chi connectivity index (χ1v) is 5.76. The van der Waals surface area contributed by atoms with Crippen molar-refractivity contribution in [3.05, 3.63) is 27.2 Å². The number of esters is 1. The minimum atomic E-state index is -0.450. The molecule has 8 nitrogen and oxygen atoms in total. The molecule has 2 rings (SSSR count). The van der Waals surface area contributed by atoms with Crippen LogP contribution in [0.4, 0.5) is 0 Å². The minimum Gasteiger partial charge on any atom is -0.469 e. The number of carbonyl (C=O) groups is 1. The van der Waals surface area contributed by atoms with Gasteiger partial charge in [0.15, 0.2) is 5.65 Å². The fourth-order valence-corrected chi connectivity index (χ4v) is 1.87. The zero-order chi connectivity index (χ0) is 14.0. The number of imidazole rings is 1. The van der Waals surface area contributed by atoms with Crippen LogP contribution in [-0.4, -0.2) is 32.2 Å². The van der Waals surface area contributed by atoms with Crippen molar-refractivity contribution in [1.29, 1.82) is 0 Å². The van der Waals surface area contributed by atoms with Crippen molar-refractivity contribution in [2.75, 3.05) is 7.11 Å². The van der Waals surface area contributed by atoms with Crippen LogP contribution < -0.4 is 11.2 Å². The second-order valence-corrected chi connectivity index (χ2v) is 4.08. The van der Waals surface area contributed by atoms with Gasteiger partial charge in [-0.15, -0.1) is 0 Å². The number of hydrogen-bond donors (Lipinski definition) is 1. The molecule has 1 N–H and O–H groups in total. The van der Waals surface area contributed by atoms with Gasteiger partial charge in [-0.2, -0.15) is 0 Å². The average Bonchev–Trinajstić information content (AvgIpc) is 2.89. The summed E-state index contributed by atoms with van der Waals surface area (Å²) in [4.78, 5) is 41.7. The summed E-state index contributed by atoms with van der Waals surface area (Å²) in [6.45, 7) is 0.162. The van der Waals surface area contributed by atoms with Crippen LogP contribution in [0.3, 0.4) is 0 Å². The van der Waals surface area contributed by atoms with Crippen LogP contribution in [0.1, 0.15) is 12.8 Å². The molecule has 0 aromatic carbocycles. The van der Waals surface area contributed by atoms with Gasteiger partial charge in [-0.3, -0.25) is 18.7 Å². The Bertz CT molecular complexity index is 724. The van der Waals surface area contributed by atoms with E-state index < -0.39 is 11.2 Å². The Morgan fingerprint density at radius 2 is 2.21 bits per heavy atom. The highest BCUT2D eigenvalue weighted by Gasteiger charge is 2.12. The molecule has 19 heavy (non-hydrogen) atoms. The Hall–Kier alpha value is -2.38. The Labute approximate surface area is 107 Å². The summed E-state index contributed by atoms with van der Waals surface area (Å²) in [5.74, 6) is -0.368. The second kappa shape index (κ2) is 5.09. The molecule has 0 aliphatic rings. The third kappa shape index (κ3) is 2.28. The minimum absolute atomic E-state index is 0.160. The van der Waals surface area contributed by atoms with Gasteiger partial charge in [0.25, 0.3) is 5.56 Å². The molecule has 2 aromatic heterocycles. The lowest BCUT2D eigenvalue weighted by atomic mass is 10.3. The van der Waals surface area contributed by atoms with Gasteiger partial charge in [-0.25, -0.2) is 9.78 Å². The lowest BCUT2D eigenvalue weighted by Gasteiger charge is -2.07. The van der Waals surface area contributed by atoms with E-state index in [-0.39, 0.29) is 24.5 Å². The number of ether oxygens (including phenoxy) is 1. The van der Waals surface area contributed by atoms with Crippen LogP contribution in [0.15, 0.2) is 15.9 Å². The van der Waals surface area contributed by atoms with Crippen molar-refractivity contribution in [2.45, 2.75) is 19.4 Å². The largest absolute Gasteiger partial charge is 0.469 e. The molecule has 0 radical (unpaired) electrons. The summed E-state index contributed by atoms with van der Waals surface area (Å²) < 4.78 is 6.89. The Morgan fingerprint density at radius 1 is 1.47 bits per heavy atom. The fraction of sp³-hybridized carbons (Fsp3) is 0.455. The zero-order valence-electron chi connectivity index (χ0n) is 10.7. The van der Waals surface area contributed by atoms with E-state index in [1.807, 2.05) is 0 Å². The summed E-state index contributed by atoms with van der Waals surface area (Å²) in [6, 6.07) is 0. The number of nitrogens with one attached hydrogen (secondary N) is 1. The number of nitrogens with zero attached hydrogens (tertiary/aromatic N) is 3. The number of fused-ring (bicyclic) bond motifs is 1. The van der Waals surface area contributed by atoms with Gasteiger partial charge in [0.1, 0.15) is 5.52 Å². The van der Waals surface area contributed by atoms with Crippen molar-refractivity contribution in [1.82, 2.24) is 19.1 Å². The normalized spacial score (nSPS) is 10.8. The van der Waals surface area contributed by atoms with Gasteiger partial charge in [-0.05, 0) is 6.42 Å². The van der Waals surface area contributed by atoms with Gasteiger partial charge >= 0.3 is 11.7 Å². The van der Waals surface area contributed by atoms with E-state index in [4.69, 9.17) is 0 Å². The maximum atomic E-state index is 12.1. The molecule has 2 aromatic rings. The molecule has 0 aliphatic carbocycles. The molecule has 0 amide bonds. The van der Waals surface area contributed by atoms with Crippen LogP contribution >= 0.6 is 0 Å². The Balaban J connectivity index is 2.35. The molecule has 0 bridgehead atoms. The van der Waals surface area contributed by atoms with Crippen molar-refractivity contribution in [2.24, 2.45) is 7.05 Å². The Kier molecular flexibility index (Phi) is 3.50. The van der Waals surface area contributed by atoms with Gasteiger partial charge in [-0.1, -0.05) is 0 Å². The van der Waals surface area contributed by atoms with E-state index in [2.05, 4.69) is 14.7 Å². The van der Waals surface area contributed by atoms with Crippen molar-refractivity contribution >= 4 is 17.1 Å². The molecule has 8 heteroatoms. The lowest BCUT2D eigenvalue weighted by Crippen LogP contribution is -2.39. The predicted octanol–water partition coefficient (Wildman–Crippen LogP) is -0.624. The molecule has 0 saturated carbocycles. The summed E-state index contributed by atoms with van der Waals surface area (Å²) in [5, 5.41) is 0. The van der Waals surface area contributed by atoms with Crippen LogP contribution in [0.2, 0.25) is 0 Å². The third-order valence-corrected chi connectivity index (χ3v) is 2.90. The number of methoxy groups -OCH3 is 1. The van der Waals surface area contributed by atoms with Crippen LogP contribution in [0.5, 0.6) is 0 Å². The SMILES string of the molecule is COC(=O)CCCn1c(=O)c2[nH]cnc2n(C)c1=O. The summed E-state index contributed by atoms with van der Waals surface area (Å²) >= 11 is 0. The van der Waals surface area contributed by atoms with Crippen molar-refractivity contribution in [3.63, 3.8) is 0 Å². The van der Waals surface area contributed by atoms with Crippen LogP contribution in [0.25, 0.3) is 11.2 Å². The highest BCUT2D eigenvalue weighted by molar-refractivity contribution is 5.69. The highest BCUT2D eigenvalue weighted by Crippen LogP contribution is 2.00. The van der Waals surface area contributed by atoms with E-state index in [0.717, 1.165) is 4.57 Å². The van der Waals surface area contributed by atoms with Crippen molar-refractivity contribution in [3.8, 4) is 0 Å². The number of rotatable bonds is 4. The van der Waals surface area contributed by atoms with Crippen LogP contribution in [-0.2, 0) is 23.1 Å². The fourth-order valence-electron chi connectivity index (χ4n) is 1.87. The Morgan fingerprint density at radius 3 is 2.89 bits per heavy atom. The molecule has 0 fully saturated rings. The molecular weight excluding hydrogens is 252 g/mol. The maximum Gasteiger partial charge on any atom is 0.332 e. The summed E-state index contributed by atoms with van der Waals surface area (Å²) in [5.41, 5.74) is -0.283. The number of hydrogen-bond acceptors (Lipinski definition) is 5. The third-order valence-electron chi connectivity index (χ3n) is 2.90. The maximum absolute atomic E-state index is 12.1. The second-order valence-electron chi connectivity index (χ2n) is 4.08. The standard InChI is InChI=1S/C11H14N4O4/c1-14-9-8(12-6-13-9)10(17)15(11(14)18)5-3-4-7(16)19-2/h6H,3-5H2,1-2H3,(H,12,13). The molecule has 0 spiro atoms. The van der Waals surface area contributed by atoms with Crippen LogP contribution in [0, 0.1) is 0 Å². The number of carbonyl (C=O) groups excluding carboxylic acids is 1. The first kappa shape index (κ1) is 13.1. The zero-order valence-corrected chi connectivity index (χ0v) is 10.7. The lowest BCUT2D eigenvalue weighted by molar-refractivity contribution is -0.140. The quantitative estimate of drug-likeness (QED) is 0.743. The van der Waals surface area contributed by atoms with Gasteiger partial charge in [0.05, 0.1) is 13.4 Å². The first-order chi connectivity index (χ1) is 9.06. The van der Waals surface area contributed by atoms with Crippen molar-refractivity contribution < 1.29 is 9.53 Å². The summed E-state index contributed by atoms with van der Waals surface area (Å²) in [7, 11) is 2.84. The van der Waals surface area contributed by atoms with E-state index in [1.54, 1.807) is 7.05 Å². The number of aromatic nitrogens is 4. The molecule has 2 heterocycles.